The lowest BCUT2D eigenvalue weighted by Crippen LogP contribution is -2.40. The molecular formula is C39H54O7. The Balaban J connectivity index is 1.27. The summed E-state index contributed by atoms with van der Waals surface area (Å²) < 4.78 is 28.6. The molecule has 1 aliphatic heterocycles. The van der Waals surface area contributed by atoms with Gasteiger partial charge in [0.1, 0.15) is 12.4 Å². The quantitative estimate of drug-likeness (QED) is 0.104. The van der Waals surface area contributed by atoms with E-state index in [2.05, 4.69) is 19.1 Å². The van der Waals surface area contributed by atoms with Gasteiger partial charge in [0.15, 0.2) is 18.5 Å². The van der Waals surface area contributed by atoms with Gasteiger partial charge in [-0.1, -0.05) is 109 Å². The molecule has 1 saturated carbocycles. The van der Waals surface area contributed by atoms with E-state index in [-0.39, 0.29) is 25.0 Å². The molecule has 252 valence electrons. The van der Waals surface area contributed by atoms with Crippen molar-refractivity contribution in [1.82, 2.24) is 0 Å². The van der Waals surface area contributed by atoms with E-state index in [1.54, 1.807) is 0 Å². The summed E-state index contributed by atoms with van der Waals surface area (Å²) in [5.41, 5.74) is 2.75. The third kappa shape index (κ3) is 11.0. The van der Waals surface area contributed by atoms with Gasteiger partial charge >= 0.3 is 11.9 Å². The van der Waals surface area contributed by atoms with Gasteiger partial charge in [0.05, 0.1) is 13.2 Å². The number of carbonyl (C=O) groups is 2. The minimum atomic E-state index is -1.19. The summed E-state index contributed by atoms with van der Waals surface area (Å²) in [5, 5.41) is 0. The highest BCUT2D eigenvalue weighted by Gasteiger charge is 2.47. The molecule has 0 spiro atoms. The maximum Gasteiger partial charge on any atom is 0.338 e. The molecule has 0 amide bonds. The first-order valence-electron chi connectivity index (χ1n) is 17.4. The highest BCUT2D eigenvalue weighted by Crippen LogP contribution is 2.35. The molecule has 2 aromatic rings. The number of ether oxygens (including phenoxy) is 5. The molecule has 4 rings (SSSR count). The zero-order valence-electron chi connectivity index (χ0n) is 28.5. The lowest BCUT2D eigenvalue weighted by atomic mass is 9.79. The minimum Gasteiger partial charge on any atom is -0.490 e. The van der Waals surface area contributed by atoms with Gasteiger partial charge in [-0.25, -0.2) is 9.59 Å². The Hall–Kier alpha value is -3.16. The maximum absolute atomic E-state index is 12.8. The Morgan fingerprint density at radius 1 is 0.783 bits per heavy atom. The first-order chi connectivity index (χ1) is 22.2. The predicted molar refractivity (Wildman–Crippen MR) is 180 cm³/mol. The smallest absolute Gasteiger partial charge is 0.338 e. The number of allylic oxidation sites excluding steroid dienone is 1. The molecular weight excluding hydrogens is 580 g/mol. The lowest BCUT2D eigenvalue weighted by Gasteiger charge is -2.26. The fraction of sp³-hybridized carbons (Fsp3) is 0.590. The van der Waals surface area contributed by atoms with Gasteiger partial charge in [0, 0.05) is 5.56 Å². The van der Waals surface area contributed by atoms with E-state index >= 15 is 0 Å². The highest BCUT2D eigenvalue weighted by molar-refractivity contribution is 5.86. The van der Waals surface area contributed by atoms with E-state index < -0.39 is 30.4 Å². The first-order valence-corrected chi connectivity index (χ1v) is 17.4. The van der Waals surface area contributed by atoms with Crippen molar-refractivity contribution in [3.63, 3.8) is 0 Å². The average molecular weight is 635 g/mol. The molecule has 1 aliphatic carbocycles. The number of rotatable bonds is 16. The molecule has 46 heavy (non-hydrogen) atoms. The number of esters is 2. The number of unbranched alkanes of at least 4 members (excludes halogenated alkanes) is 2. The largest absolute Gasteiger partial charge is 0.490 e. The van der Waals surface area contributed by atoms with Crippen molar-refractivity contribution in [2.45, 2.75) is 104 Å². The fourth-order valence-electron chi connectivity index (χ4n) is 5.94. The van der Waals surface area contributed by atoms with Crippen LogP contribution in [0.4, 0.5) is 0 Å². The van der Waals surface area contributed by atoms with Crippen molar-refractivity contribution in [3.8, 4) is 16.9 Å². The second-order valence-corrected chi connectivity index (χ2v) is 13.7. The van der Waals surface area contributed by atoms with Crippen LogP contribution in [-0.4, -0.2) is 44.0 Å². The van der Waals surface area contributed by atoms with Gasteiger partial charge in [-0.3, -0.25) is 0 Å². The second-order valence-electron chi connectivity index (χ2n) is 13.7. The Labute approximate surface area is 276 Å². The van der Waals surface area contributed by atoms with Gasteiger partial charge in [-0.15, -0.1) is 0 Å². The van der Waals surface area contributed by atoms with Gasteiger partial charge < -0.3 is 23.7 Å². The van der Waals surface area contributed by atoms with E-state index in [1.165, 1.54) is 51.4 Å². The summed E-state index contributed by atoms with van der Waals surface area (Å²) in [5.74, 6) is 1.50. The second kappa shape index (κ2) is 18.2. The topological polar surface area (TPSA) is 80.3 Å². The number of benzene rings is 2. The van der Waals surface area contributed by atoms with Crippen LogP contribution in [0.3, 0.4) is 0 Å². The van der Waals surface area contributed by atoms with E-state index in [0.717, 1.165) is 22.8 Å². The molecule has 0 unspecified atom stereocenters. The Morgan fingerprint density at radius 2 is 1.33 bits per heavy atom. The predicted octanol–water partition coefficient (Wildman–Crippen LogP) is 8.86. The van der Waals surface area contributed by atoms with Crippen LogP contribution in [0.15, 0.2) is 60.7 Å². The number of hydrogen-bond donors (Lipinski definition) is 0. The van der Waals surface area contributed by atoms with Gasteiger partial charge in [0.2, 0.25) is 0 Å². The molecule has 0 aromatic heterocycles. The minimum absolute atomic E-state index is 0.151. The molecule has 7 nitrogen and oxygen atoms in total. The molecule has 7 heteroatoms. The van der Waals surface area contributed by atoms with Crippen LogP contribution in [-0.2, 0) is 28.5 Å². The maximum atomic E-state index is 12.8. The van der Waals surface area contributed by atoms with E-state index in [9.17, 15) is 9.59 Å². The van der Waals surface area contributed by atoms with Crippen LogP contribution in [0, 0.1) is 23.7 Å². The molecule has 0 bridgehead atoms. The fourth-order valence-corrected chi connectivity index (χ4v) is 5.94. The highest BCUT2D eigenvalue weighted by atomic mass is 16.8. The van der Waals surface area contributed by atoms with Gasteiger partial charge in [-0.05, 0) is 72.6 Å². The van der Waals surface area contributed by atoms with Crippen LogP contribution in [0.25, 0.3) is 11.1 Å². The van der Waals surface area contributed by atoms with Crippen molar-refractivity contribution in [1.29, 1.82) is 0 Å². The molecule has 2 atom stereocenters. The summed E-state index contributed by atoms with van der Waals surface area (Å²) in [7, 11) is 0. The zero-order valence-corrected chi connectivity index (χ0v) is 28.5. The Bertz CT molecular complexity index is 1190. The molecule has 1 saturated heterocycles. The van der Waals surface area contributed by atoms with Crippen LogP contribution in [0.1, 0.15) is 97.8 Å². The molecule has 2 fully saturated rings. The monoisotopic (exact) mass is 634 g/mol. The Kier molecular flexibility index (Phi) is 14.2. The third-order valence-electron chi connectivity index (χ3n) is 8.63. The summed E-state index contributed by atoms with van der Waals surface area (Å²) >= 11 is 0. The van der Waals surface area contributed by atoms with Crippen molar-refractivity contribution < 1.29 is 33.3 Å². The third-order valence-corrected chi connectivity index (χ3v) is 8.63. The Morgan fingerprint density at radius 3 is 1.85 bits per heavy atom. The van der Waals surface area contributed by atoms with Crippen LogP contribution in [0.2, 0.25) is 0 Å². The summed E-state index contributed by atoms with van der Waals surface area (Å²) in [6.45, 7) is 11.1. The van der Waals surface area contributed by atoms with Crippen LogP contribution < -0.4 is 4.74 Å². The molecule has 0 N–H and O–H groups in total. The summed E-state index contributed by atoms with van der Waals surface area (Å²) in [4.78, 5) is 25.6. The number of carbonyl (C=O) groups excluding carboxylic acids is 2. The van der Waals surface area contributed by atoms with Crippen molar-refractivity contribution in [2.75, 3.05) is 19.8 Å². The molecule has 2 aliphatic rings. The van der Waals surface area contributed by atoms with Crippen LogP contribution in [0.5, 0.6) is 5.75 Å². The standard InChI is InChI=1S/C39H54O7/c1-6-7-8-10-29-12-14-30(15-13-29)11-9-24-42-34-22-20-32(21-23-34)31-16-18-33(19-17-31)39-45-35(37(40)43-25-27(2)3)36(46-39)38(41)44-26-28(4)5/h9,11,16-23,27-30,35-36,39H,6-8,10,12-15,24-26H2,1-5H3/t29-,30-,35-,36-/m1/s1. The first kappa shape index (κ1) is 35.7. The van der Waals surface area contributed by atoms with Gasteiger partial charge in [-0.2, -0.15) is 0 Å². The number of hydrogen-bond acceptors (Lipinski definition) is 7. The SMILES string of the molecule is CCCCC[C@H]1CC[C@H](C=CCOc2ccc(-c3ccc(C4O[C@@H](C(=O)OCC(C)C)[C@H](C(=O)OCC(C)C)O4)cc3)cc2)CC1. The van der Waals surface area contributed by atoms with E-state index in [0.29, 0.717) is 18.1 Å². The van der Waals surface area contributed by atoms with Crippen molar-refractivity contribution in [2.24, 2.45) is 23.7 Å². The summed E-state index contributed by atoms with van der Waals surface area (Å²) in [6.07, 6.45) is 12.0. The average Bonchev–Trinajstić information content (AvgIpc) is 3.51. The van der Waals surface area contributed by atoms with Crippen molar-refractivity contribution >= 4 is 11.9 Å². The van der Waals surface area contributed by atoms with E-state index in [1.807, 2.05) is 76.2 Å². The lowest BCUT2D eigenvalue weighted by molar-refractivity contribution is -0.164. The molecule has 0 radical (unpaired) electrons. The van der Waals surface area contributed by atoms with Gasteiger partial charge in [0.25, 0.3) is 0 Å². The molecule has 1 heterocycles. The summed E-state index contributed by atoms with van der Waals surface area (Å²) in [6, 6.07) is 15.8. The van der Waals surface area contributed by atoms with Crippen molar-refractivity contribution in [3.05, 3.63) is 66.2 Å². The van der Waals surface area contributed by atoms with E-state index in [4.69, 9.17) is 23.7 Å². The van der Waals surface area contributed by atoms with Crippen LogP contribution >= 0.6 is 0 Å². The normalized spacial score (nSPS) is 22.1. The zero-order chi connectivity index (χ0) is 32.9. The molecule has 2 aromatic carbocycles.